The van der Waals surface area contributed by atoms with Crippen molar-refractivity contribution in [1.82, 2.24) is 10.2 Å². The minimum absolute atomic E-state index is 0.0226. The van der Waals surface area contributed by atoms with Gasteiger partial charge in [-0.2, -0.15) is 13.2 Å². The Morgan fingerprint density at radius 1 is 1.40 bits per heavy atom. The van der Waals surface area contributed by atoms with Gasteiger partial charge in [0, 0.05) is 31.8 Å². The Morgan fingerprint density at radius 2 is 2.16 bits per heavy atom. The first-order chi connectivity index (χ1) is 11.8. The summed E-state index contributed by atoms with van der Waals surface area (Å²) in [6, 6.07) is 4.35. The molecular formula is C17H19F3N2O3. The van der Waals surface area contributed by atoms with Crippen LogP contribution in [-0.2, 0) is 15.7 Å². The molecule has 2 rings (SSSR count). The molecule has 0 bridgehead atoms. The lowest BCUT2D eigenvalue weighted by Crippen LogP contribution is -2.42. The second-order valence-electron chi connectivity index (χ2n) is 5.63. The lowest BCUT2D eigenvalue weighted by molar-refractivity contribution is -0.137. The number of carbonyl (C=O) groups is 2. The van der Waals surface area contributed by atoms with E-state index in [1.54, 1.807) is 0 Å². The molecular weight excluding hydrogens is 337 g/mol. The number of hydrogen-bond donors (Lipinski definition) is 1. The van der Waals surface area contributed by atoms with Crippen molar-refractivity contribution in [1.29, 1.82) is 0 Å². The van der Waals surface area contributed by atoms with E-state index in [-0.39, 0.29) is 24.6 Å². The average molecular weight is 356 g/mol. The molecule has 1 unspecified atom stereocenters. The van der Waals surface area contributed by atoms with Crippen molar-refractivity contribution in [2.45, 2.75) is 18.7 Å². The number of nitrogens with one attached hydrogen (secondary N) is 1. The van der Waals surface area contributed by atoms with Crippen molar-refractivity contribution in [3.8, 4) is 0 Å². The highest BCUT2D eigenvalue weighted by atomic mass is 19.4. The van der Waals surface area contributed by atoms with E-state index in [0.717, 1.165) is 18.2 Å². The smallest absolute Gasteiger partial charge is 0.374 e. The molecule has 0 spiro atoms. The summed E-state index contributed by atoms with van der Waals surface area (Å²) >= 11 is 0. The molecule has 2 amide bonds. The maximum Gasteiger partial charge on any atom is 0.416 e. The van der Waals surface area contributed by atoms with E-state index in [4.69, 9.17) is 4.74 Å². The molecule has 1 aromatic carbocycles. The summed E-state index contributed by atoms with van der Waals surface area (Å²) in [7, 11) is 0. The molecule has 5 nitrogen and oxygen atoms in total. The lowest BCUT2D eigenvalue weighted by atomic mass is 10.1. The van der Waals surface area contributed by atoms with Gasteiger partial charge in [-0.25, -0.2) is 0 Å². The molecule has 0 radical (unpaired) electrons. The zero-order valence-corrected chi connectivity index (χ0v) is 13.5. The van der Waals surface area contributed by atoms with Gasteiger partial charge in [-0.15, -0.1) is 0 Å². The van der Waals surface area contributed by atoms with Crippen LogP contribution in [0.25, 0.3) is 0 Å². The Hall–Kier alpha value is -2.35. The van der Waals surface area contributed by atoms with Crippen LogP contribution < -0.4 is 5.32 Å². The van der Waals surface area contributed by atoms with E-state index < -0.39 is 23.8 Å². The zero-order chi connectivity index (χ0) is 18.4. The van der Waals surface area contributed by atoms with Crippen LogP contribution in [0.1, 0.15) is 22.3 Å². The van der Waals surface area contributed by atoms with E-state index in [9.17, 15) is 22.8 Å². The van der Waals surface area contributed by atoms with Gasteiger partial charge >= 0.3 is 6.18 Å². The molecule has 1 atom stereocenters. The highest BCUT2D eigenvalue weighted by Crippen LogP contribution is 2.29. The van der Waals surface area contributed by atoms with E-state index in [1.165, 1.54) is 17.0 Å². The summed E-state index contributed by atoms with van der Waals surface area (Å²) in [4.78, 5) is 25.3. The summed E-state index contributed by atoms with van der Waals surface area (Å²) < 4.78 is 44.0. The van der Waals surface area contributed by atoms with Crippen molar-refractivity contribution in [3.05, 3.63) is 48.0 Å². The van der Waals surface area contributed by atoms with E-state index in [1.807, 2.05) is 0 Å². The molecule has 8 heteroatoms. The molecule has 1 fully saturated rings. The summed E-state index contributed by atoms with van der Waals surface area (Å²) in [6.45, 7) is 4.50. The van der Waals surface area contributed by atoms with Gasteiger partial charge in [0.05, 0.1) is 11.7 Å². The monoisotopic (exact) mass is 356 g/mol. The van der Waals surface area contributed by atoms with Crippen molar-refractivity contribution in [2.24, 2.45) is 0 Å². The zero-order valence-electron chi connectivity index (χ0n) is 13.5. The Balaban J connectivity index is 2.09. The fourth-order valence-corrected chi connectivity index (χ4v) is 2.50. The third kappa shape index (κ3) is 5.32. The Bertz CT molecular complexity index is 646. The predicted octanol–water partition coefficient (Wildman–Crippen LogP) is 2.24. The maximum absolute atomic E-state index is 12.8. The van der Waals surface area contributed by atoms with E-state index in [0.29, 0.717) is 19.6 Å². The molecule has 0 aromatic heterocycles. The van der Waals surface area contributed by atoms with Crippen molar-refractivity contribution in [3.63, 3.8) is 0 Å². The topological polar surface area (TPSA) is 58.6 Å². The van der Waals surface area contributed by atoms with Crippen molar-refractivity contribution >= 4 is 11.8 Å². The van der Waals surface area contributed by atoms with Gasteiger partial charge < -0.3 is 15.0 Å². The summed E-state index contributed by atoms with van der Waals surface area (Å²) in [5.41, 5.74) is -0.884. The second-order valence-corrected chi connectivity index (χ2v) is 5.63. The van der Waals surface area contributed by atoms with Crippen LogP contribution in [0.5, 0.6) is 0 Å². The molecule has 0 aliphatic carbocycles. The van der Waals surface area contributed by atoms with Gasteiger partial charge in [0.25, 0.3) is 5.91 Å². The van der Waals surface area contributed by atoms with Crippen LogP contribution in [0.4, 0.5) is 13.2 Å². The van der Waals surface area contributed by atoms with Crippen LogP contribution in [0.3, 0.4) is 0 Å². The Morgan fingerprint density at radius 3 is 2.84 bits per heavy atom. The normalized spacial score (nSPS) is 18.4. The molecule has 25 heavy (non-hydrogen) atoms. The number of amides is 2. The summed E-state index contributed by atoms with van der Waals surface area (Å²) in [5.74, 6) is -0.847. The minimum Gasteiger partial charge on any atom is -0.374 e. The third-order valence-corrected chi connectivity index (χ3v) is 3.76. The standard InChI is InChI=1S/C17H19F3N2O3/c1-2-15(23)21-10-14-11-22(7-4-8-25-14)16(24)12-5-3-6-13(9-12)17(18,19)20/h2-3,5-6,9,14H,1,4,7-8,10-11H2,(H,21,23). The molecule has 136 valence electrons. The maximum atomic E-state index is 12.8. The van der Waals surface area contributed by atoms with Gasteiger partial charge in [-0.1, -0.05) is 12.6 Å². The highest BCUT2D eigenvalue weighted by Gasteiger charge is 2.31. The fraction of sp³-hybridized carbons (Fsp3) is 0.412. The first-order valence-electron chi connectivity index (χ1n) is 7.79. The van der Waals surface area contributed by atoms with Crippen LogP contribution in [0.15, 0.2) is 36.9 Å². The third-order valence-electron chi connectivity index (χ3n) is 3.76. The van der Waals surface area contributed by atoms with Gasteiger partial charge in [-0.05, 0) is 30.7 Å². The number of alkyl halides is 3. The minimum atomic E-state index is -4.50. The SMILES string of the molecule is C=CC(=O)NCC1CN(C(=O)c2cccc(C(F)(F)F)c2)CCCO1. The summed E-state index contributed by atoms with van der Waals surface area (Å²) in [5, 5.41) is 2.59. The Labute approximate surface area is 143 Å². The molecule has 1 saturated heterocycles. The Kier molecular flexibility index (Phi) is 6.19. The predicted molar refractivity (Wildman–Crippen MR) is 84.9 cm³/mol. The van der Waals surface area contributed by atoms with Crippen LogP contribution >= 0.6 is 0 Å². The largest absolute Gasteiger partial charge is 0.416 e. The number of hydrogen-bond acceptors (Lipinski definition) is 3. The van der Waals surface area contributed by atoms with E-state index >= 15 is 0 Å². The van der Waals surface area contributed by atoms with Crippen molar-refractivity contribution < 1.29 is 27.5 Å². The van der Waals surface area contributed by atoms with Gasteiger partial charge in [-0.3, -0.25) is 9.59 Å². The average Bonchev–Trinajstić information content (AvgIpc) is 2.84. The van der Waals surface area contributed by atoms with Crippen molar-refractivity contribution in [2.75, 3.05) is 26.2 Å². The van der Waals surface area contributed by atoms with Gasteiger partial charge in [0.1, 0.15) is 0 Å². The van der Waals surface area contributed by atoms with E-state index in [2.05, 4.69) is 11.9 Å². The lowest BCUT2D eigenvalue weighted by Gasteiger charge is -2.24. The highest BCUT2D eigenvalue weighted by molar-refractivity contribution is 5.94. The number of nitrogens with zero attached hydrogens (tertiary/aromatic N) is 1. The number of ether oxygens (including phenoxy) is 1. The molecule has 1 aliphatic rings. The second kappa shape index (κ2) is 8.15. The van der Waals surface area contributed by atoms with Gasteiger partial charge in [0.15, 0.2) is 0 Å². The molecule has 1 N–H and O–H groups in total. The number of rotatable bonds is 4. The number of benzene rings is 1. The first-order valence-corrected chi connectivity index (χ1v) is 7.79. The quantitative estimate of drug-likeness (QED) is 0.842. The van der Waals surface area contributed by atoms with Crippen LogP contribution in [0.2, 0.25) is 0 Å². The van der Waals surface area contributed by atoms with Crippen LogP contribution in [-0.4, -0.2) is 49.1 Å². The van der Waals surface area contributed by atoms with Gasteiger partial charge in [0.2, 0.25) is 5.91 Å². The van der Waals surface area contributed by atoms with Crippen LogP contribution in [0, 0.1) is 0 Å². The number of carbonyl (C=O) groups excluding carboxylic acids is 2. The molecule has 1 aromatic rings. The fourth-order valence-electron chi connectivity index (χ4n) is 2.50. The molecule has 1 aliphatic heterocycles. The first kappa shape index (κ1) is 19.0. The molecule has 0 saturated carbocycles. The number of halogens is 3. The summed E-state index contributed by atoms with van der Waals surface area (Å²) in [6.07, 6.45) is -3.24. The molecule has 1 heterocycles.